The minimum atomic E-state index is -0.331. The van der Waals surface area contributed by atoms with Crippen molar-refractivity contribution in [3.63, 3.8) is 0 Å². The Morgan fingerprint density at radius 3 is 2.96 bits per heavy atom. The van der Waals surface area contributed by atoms with E-state index < -0.39 is 0 Å². The highest BCUT2D eigenvalue weighted by Gasteiger charge is 2.30. The van der Waals surface area contributed by atoms with Gasteiger partial charge in [-0.15, -0.1) is 0 Å². The summed E-state index contributed by atoms with van der Waals surface area (Å²) in [5.41, 5.74) is 0.949. The number of nitriles is 1. The van der Waals surface area contributed by atoms with Crippen molar-refractivity contribution in [3.8, 4) is 6.07 Å². The Hall–Kier alpha value is -2.30. The van der Waals surface area contributed by atoms with Crippen molar-refractivity contribution < 1.29 is 13.7 Å². The SMILES string of the molecule is Cc1noc([C@H]2CN(Cc3cc(C#N)ccc3F)C[C@@H](C)O2)n1. The van der Waals surface area contributed by atoms with Crippen LogP contribution in [0.2, 0.25) is 0 Å². The first-order valence-corrected chi connectivity index (χ1v) is 7.41. The number of benzene rings is 1. The molecular weight excluding hydrogens is 299 g/mol. The summed E-state index contributed by atoms with van der Waals surface area (Å²) in [4.78, 5) is 6.28. The van der Waals surface area contributed by atoms with Crippen LogP contribution >= 0.6 is 0 Å². The van der Waals surface area contributed by atoms with Crippen molar-refractivity contribution in [1.29, 1.82) is 5.26 Å². The van der Waals surface area contributed by atoms with Crippen LogP contribution in [0.5, 0.6) is 0 Å². The van der Waals surface area contributed by atoms with Gasteiger partial charge in [0.25, 0.3) is 5.89 Å². The minimum absolute atomic E-state index is 0.0387. The molecule has 1 aromatic heterocycles. The van der Waals surface area contributed by atoms with Crippen LogP contribution in [0.25, 0.3) is 0 Å². The summed E-state index contributed by atoms with van der Waals surface area (Å²) in [6, 6.07) is 6.43. The van der Waals surface area contributed by atoms with Gasteiger partial charge in [-0.05, 0) is 32.0 Å². The maximum Gasteiger partial charge on any atom is 0.257 e. The monoisotopic (exact) mass is 316 g/mol. The number of halogens is 1. The van der Waals surface area contributed by atoms with Gasteiger partial charge >= 0.3 is 0 Å². The molecule has 1 aromatic carbocycles. The molecule has 2 heterocycles. The van der Waals surface area contributed by atoms with Crippen LogP contribution < -0.4 is 0 Å². The van der Waals surface area contributed by atoms with Crippen molar-refractivity contribution in [2.45, 2.75) is 32.6 Å². The van der Waals surface area contributed by atoms with E-state index in [2.05, 4.69) is 15.0 Å². The van der Waals surface area contributed by atoms with Gasteiger partial charge in [-0.25, -0.2) is 4.39 Å². The van der Waals surface area contributed by atoms with Gasteiger partial charge in [-0.3, -0.25) is 4.90 Å². The zero-order chi connectivity index (χ0) is 16.4. The topological polar surface area (TPSA) is 75.2 Å². The van der Waals surface area contributed by atoms with Gasteiger partial charge in [-0.2, -0.15) is 10.2 Å². The van der Waals surface area contributed by atoms with Crippen LogP contribution in [0.3, 0.4) is 0 Å². The smallest absolute Gasteiger partial charge is 0.257 e. The van der Waals surface area contributed by atoms with Crippen LogP contribution in [-0.4, -0.2) is 34.2 Å². The van der Waals surface area contributed by atoms with Crippen LogP contribution in [0.15, 0.2) is 22.7 Å². The van der Waals surface area contributed by atoms with E-state index in [-0.39, 0.29) is 18.0 Å². The van der Waals surface area contributed by atoms with Crippen LogP contribution in [0, 0.1) is 24.1 Å². The molecule has 7 heteroatoms. The maximum absolute atomic E-state index is 14.0. The Bertz CT molecular complexity index is 740. The fraction of sp³-hybridized carbons (Fsp3) is 0.438. The summed E-state index contributed by atoms with van der Waals surface area (Å²) < 4.78 is 25.0. The number of rotatable bonds is 3. The van der Waals surface area contributed by atoms with E-state index in [1.54, 1.807) is 13.0 Å². The maximum atomic E-state index is 14.0. The molecule has 0 radical (unpaired) electrons. The predicted molar refractivity (Wildman–Crippen MR) is 78.7 cm³/mol. The second-order valence-corrected chi connectivity index (χ2v) is 5.73. The lowest BCUT2D eigenvalue weighted by Gasteiger charge is -2.35. The molecule has 0 N–H and O–H groups in total. The van der Waals surface area contributed by atoms with E-state index in [0.717, 1.165) is 0 Å². The first-order chi connectivity index (χ1) is 11.0. The highest BCUT2D eigenvalue weighted by atomic mass is 19.1. The number of hydrogen-bond donors (Lipinski definition) is 0. The fourth-order valence-electron chi connectivity index (χ4n) is 2.75. The highest BCUT2D eigenvalue weighted by Crippen LogP contribution is 2.25. The highest BCUT2D eigenvalue weighted by molar-refractivity contribution is 5.33. The van der Waals surface area contributed by atoms with E-state index in [1.807, 2.05) is 13.0 Å². The van der Waals surface area contributed by atoms with Gasteiger partial charge in [0.1, 0.15) is 11.9 Å². The van der Waals surface area contributed by atoms with Crippen LogP contribution in [0.1, 0.15) is 35.9 Å². The van der Waals surface area contributed by atoms with Gasteiger partial charge in [0, 0.05) is 25.2 Å². The Balaban J connectivity index is 1.76. The molecule has 0 saturated carbocycles. The van der Waals surface area contributed by atoms with Gasteiger partial charge < -0.3 is 9.26 Å². The number of ether oxygens (including phenoxy) is 1. The Morgan fingerprint density at radius 1 is 1.43 bits per heavy atom. The van der Waals surface area contributed by atoms with Crippen molar-refractivity contribution in [1.82, 2.24) is 15.0 Å². The predicted octanol–water partition coefficient (Wildman–Crippen LogP) is 2.35. The molecular formula is C16H17FN4O2. The first kappa shape index (κ1) is 15.6. The molecule has 2 aromatic rings. The number of aromatic nitrogens is 2. The molecule has 120 valence electrons. The van der Waals surface area contributed by atoms with Gasteiger partial charge in [0.05, 0.1) is 17.7 Å². The van der Waals surface area contributed by atoms with Gasteiger partial charge in [0.15, 0.2) is 5.82 Å². The van der Waals surface area contributed by atoms with Crippen molar-refractivity contribution in [2.75, 3.05) is 13.1 Å². The summed E-state index contributed by atoms with van der Waals surface area (Å²) in [5, 5.41) is 12.7. The molecule has 6 nitrogen and oxygen atoms in total. The third-order valence-corrected chi connectivity index (χ3v) is 3.72. The summed E-state index contributed by atoms with van der Waals surface area (Å²) in [5.74, 6) is 0.680. The van der Waals surface area contributed by atoms with Crippen molar-refractivity contribution in [2.24, 2.45) is 0 Å². The third-order valence-electron chi connectivity index (χ3n) is 3.72. The average Bonchev–Trinajstić information content (AvgIpc) is 2.95. The number of morpholine rings is 1. The molecule has 0 unspecified atom stereocenters. The Kier molecular flexibility index (Phi) is 4.37. The standard InChI is InChI=1S/C16H17FN4O2/c1-10-7-21(8-13-5-12(6-18)3-4-14(13)17)9-15(22-10)16-19-11(2)20-23-16/h3-5,10,15H,7-9H2,1-2H3/t10-,15-/m1/s1. The van der Waals surface area contributed by atoms with E-state index in [0.29, 0.717) is 42.5 Å². The number of hydrogen-bond acceptors (Lipinski definition) is 6. The average molecular weight is 316 g/mol. The molecule has 1 saturated heterocycles. The van der Waals surface area contributed by atoms with E-state index in [1.165, 1.54) is 12.1 Å². The summed E-state index contributed by atoms with van der Waals surface area (Å²) in [6.45, 7) is 5.30. The molecule has 1 fully saturated rings. The summed E-state index contributed by atoms with van der Waals surface area (Å²) in [6.07, 6.45) is -0.370. The second-order valence-electron chi connectivity index (χ2n) is 5.73. The van der Waals surface area contributed by atoms with Gasteiger partial charge in [0.2, 0.25) is 0 Å². The van der Waals surface area contributed by atoms with Crippen LogP contribution in [0.4, 0.5) is 4.39 Å². The normalized spacial score (nSPS) is 22.0. The molecule has 0 amide bonds. The molecule has 0 spiro atoms. The molecule has 1 aliphatic heterocycles. The second kappa shape index (κ2) is 6.44. The quantitative estimate of drug-likeness (QED) is 0.865. The minimum Gasteiger partial charge on any atom is -0.363 e. The molecule has 1 aliphatic rings. The molecule has 0 aliphatic carbocycles. The van der Waals surface area contributed by atoms with Gasteiger partial charge in [-0.1, -0.05) is 5.16 Å². The van der Waals surface area contributed by atoms with Crippen molar-refractivity contribution in [3.05, 3.63) is 46.9 Å². The number of nitrogens with zero attached hydrogens (tertiary/aromatic N) is 4. The molecule has 0 bridgehead atoms. The lowest BCUT2D eigenvalue weighted by atomic mass is 10.1. The Morgan fingerprint density at radius 2 is 2.26 bits per heavy atom. The lowest BCUT2D eigenvalue weighted by molar-refractivity contribution is -0.0932. The van der Waals surface area contributed by atoms with Crippen molar-refractivity contribution >= 4 is 0 Å². The van der Waals surface area contributed by atoms with Crippen LogP contribution in [-0.2, 0) is 11.3 Å². The first-order valence-electron chi connectivity index (χ1n) is 7.41. The van der Waals surface area contributed by atoms with E-state index in [4.69, 9.17) is 14.5 Å². The summed E-state index contributed by atoms with van der Waals surface area (Å²) in [7, 11) is 0. The number of aryl methyl sites for hydroxylation is 1. The summed E-state index contributed by atoms with van der Waals surface area (Å²) >= 11 is 0. The molecule has 23 heavy (non-hydrogen) atoms. The lowest BCUT2D eigenvalue weighted by Crippen LogP contribution is -2.42. The zero-order valence-electron chi connectivity index (χ0n) is 13.0. The van der Waals surface area contributed by atoms with E-state index >= 15 is 0 Å². The fourth-order valence-corrected chi connectivity index (χ4v) is 2.75. The zero-order valence-corrected chi connectivity index (χ0v) is 13.0. The van der Waals surface area contributed by atoms with E-state index in [9.17, 15) is 4.39 Å². The molecule has 2 atom stereocenters. The largest absolute Gasteiger partial charge is 0.363 e. The third kappa shape index (κ3) is 3.55. The molecule has 3 rings (SSSR count). The Labute approximate surface area is 133 Å².